The van der Waals surface area contributed by atoms with E-state index in [0.29, 0.717) is 6.54 Å². The van der Waals surface area contributed by atoms with E-state index in [2.05, 4.69) is 10.2 Å². The number of nitrogens with one attached hydrogen (secondary N) is 1. The lowest BCUT2D eigenvalue weighted by atomic mass is 10.1. The average Bonchev–Trinajstić information content (AvgIpc) is 2.25. The summed E-state index contributed by atoms with van der Waals surface area (Å²) in [5.41, 5.74) is 0.180. The summed E-state index contributed by atoms with van der Waals surface area (Å²) in [6, 6.07) is 4.01. The molecule has 2 rings (SSSR count). The Morgan fingerprint density at radius 3 is 2.25 bits per heavy atom. The van der Waals surface area contributed by atoms with Crippen LogP contribution in [-0.2, 0) is 6.54 Å². The predicted octanol–water partition coefficient (Wildman–Crippen LogP) is 1.79. The summed E-state index contributed by atoms with van der Waals surface area (Å²) in [6.07, 6.45) is 0. The van der Waals surface area contributed by atoms with Crippen LogP contribution in [0.4, 0.5) is 8.78 Å². The topological polar surface area (TPSA) is 15.3 Å². The number of halogens is 3. The van der Waals surface area contributed by atoms with Crippen molar-refractivity contribution in [2.75, 3.05) is 26.2 Å². The first kappa shape index (κ1) is 13.4. The standard InChI is InChI=1S/C11H14F2N2.ClH/c12-10-2-1-3-11(13)9(10)8-15-6-4-14-5-7-15;/h1-3,14H,4-8H2;1H. The fourth-order valence-corrected chi connectivity index (χ4v) is 1.78. The van der Waals surface area contributed by atoms with E-state index in [9.17, 15) is 8.78 Å². The normalized spacial score (nSPS) is 16.9. The van der Waals surface area contributed by atoms with Gasteiger partial charge >= 0.3 is 0 Å². The lowest BCUT2D eigenvalue weighted by Crippen LogP contribution is -2.43. The molecule has 1 aromatic carbocycles. The third-order valence-corrected chi connectivity index (χ3v) is 2.65. The van der Waals surface area contributed by atoms with Crippen LogP contribution >= 0.6 is 12.4 Å². The van der Waals surface area contributed by atoms with E-state index in [1.54, 1.807) is 0 Å². The molecule has 90 valence electrons. The van der Waals surface area contributed by atoms with Crippen molar-refractivity contribution in [2.45, 2.75) is 6.54 Å². The highest BCUT2D eigenvalue weighted by Crippen LogP contribution is 2.14. The fourth-order valence-electron chi connectivity index (χ4n) is 1.78. The van der Waals surface area contributed by atoms with E-state index in [4.69, 9.17) is 0 Å². The lowest BCUT2D eigenvalue weighted by Gasteiger charge is -2.27. The number of hydrogen-bond acceptors (Lipinski definition) is 2. The first-order chi connectivity index (χ1) is 7.27. The van der Waals surface area contributed by atoms with Crippen LogP contribution in [0.5, 0.6) is 0 Å². The molecule has 5 heteroatoms. The molecule has 0 aliphatic carbocycles. The summed E-state index contributed by atoms with van der Waals surface area (Å²) < 4.78 is 26.6. The maximum absolute atomic E-state index is 13.3. The maximum atomic E-state index is 13.3. The molecule has 1 aliphatic heterocycles. The number of hydrogen-bond donors (Lipinski definition) is 1. The molecule has 1 aromatic rings. The van der Waals surface area contributed by atoms with E-state index in [1.807, 2.05) is 0 Å². The highest BCUT2D eigenvalue weighted by atomic mass is 35.5. The van der Waals surface area contributed by atoms with Crippen molar-refractivity contribution < 1.29 is 8.78 Å². The Morgan fingerprint density at radius 1 is 1.12 bits per heavy atom. The van der Waals surface area contributed by atoms with Crippen molar-refractivity contribution in [3.05, 3.63) is 35.4 Å². The quantitative estimate of drug-likeness (QED) is 0.859. The van der Waals surface area contributed by atoms with E-state index < -0.39 is 11.6 Å². The molecule has 16 heavy (non-hydrogen) atoms. The van der Waals surface area contributed by atoms with Gasteiger partial charge in [-0.15, -0.1) is 12.4 Å². The van der Waals surface area contributed by atoms with Gasteiger partial charge in [0.2, 0.25) is 0 Å². The third-order valence-electron chi connectivity index (χ3n) is 2.65. The van der Waals surface area contributed by atoms with Crippen LogP contribution in [0, 0.1) is 11.6 Å². The fraction of sp³-hybridized carbons (Fsp3) is 0.455. The summed E-state index contributed by atoms with van der Waals surface area (Å²) in [5.74, 6) is -0.901. The third kappa shape index (κ3) is 3.14. The maximum Gasteiger partial charge on any atom is 0.130 e. The molecule has 1 heterocycles. The van der Waals surface area contributed by atoms with Crippen molar-refractivity contribution in [1.82, 2.24) is 10.2 Å². The minimum absolute atomic E-state index is 0. The first-order valence-corrected chi connectivity index (χ1v) is 5.13. The van der Waals surface area contributed by atoms with Crippen LogP contribution in [0.25, 0.3) is 0 Å². The number of nitrogens with zero attached hydrogens (tertiary/aromatic N) is 1. The molecule has 0 amide bonds. The van der Waals surface area contributed by atoms with Crippen LogP contribution in [0.1, 0.15) is 5.56 Å². The zero-order chi connectivity index (χ0) is 10.7. The van der Waals surface area contributed by atoms with Crippen molar-refractivity contribution in [3.63, 3.8) is 0 Å². The van der Waals surface area contributed by atoms with Gasteiger partial charge in [-0.3, -0.25) is 4.90 Å². The van der Waals surface area contributed by atoms with E-state index >= 15 is 0 Å². The molecule has 0 atom stereocenters. The molecule has 1 aliphatic rings. The van der Waals surface area contributed by atoms with Crippen LogP contribution < -0.4 is 5.32 Å². The van der Waals surface area contributed by atoms with Gasteiger partial charge < -0.3 is 5.32 Å². The summed E-state index contributed by atoms with van der Waals surface area (Å²) in [6.45, 7) is 3.81. The van der Waals surface area contributed by atoms with E-state index in [-0.39, 0.29) is 18.0 Å². The highest BCUT2D eigenvalue weighted by Gasteiger charge is 2.14. The van der Waals surface area contributed by atoms with Gasteiger partial charge in [0.15, 0.2) is 0 Å². The Labute approximate surface area is 100 Å². The molecule has 0 spiro atoms. The minimum atomic E-state index is -0.450. The lowest BCUT2D eigenvalue weighted by molar-refractivity contribution is 0.227. The molecule has 1 saturated heterocycles. The summed E-state index contributed by atoms with van der Waals surface area (Å²) in [5, 5.41) is 3.20. The zero-order valence-electron chi connectivity index (χ0n) is 8.88. The monoisotopic (exact) mass is 248 g/mol. The Morgan fingerprint density at radius 2 is 1.69 bits per heavy atom. The molecule has 0 saturated carbocycles. The second-order valence-corrected chi connectivity index (χ2v) is 3.73. The molecule has 0 unspecified atom stereocenters. The van der Waals surface area contributed by atoms with Crippen molar-refractivity contribution >= 4 is 12.4 Å². The smallest absolute Gasteiger partial charge is 0.130 e. The van der Waals surface area contributed by atoms with Gasteiger partial charge in [0.1, 0.15) is 11.6 Å². The SMILES string of the molecule is Cl.Fc1cccc(F)c1CN1CCNCC1. The summed E-state index contributed by atoms with van der Waals surface area (Å²) in [4.78, 5) is 2.05. The Kier molecular flexibility index (Phi) is 5.12. The van der Waals surface area contributed by atoms with Gasteiger partial charge in [0.05, 0.1) is 0 Å². The van der Waals surface area contributed by atoms with E-state index in [1.165, 1.54) is 18.2 Å². The predicted molar refractivity (Wildman–Crippen MR) is 61.8 cm³/mol. The first-order valence-electron chi connectivity index (χ1n) is 5.13. The van der Waals surface area contributed by atoms with Crippen molar-refractivity contribution in [1.29, 1.82) is 0 Å². The van der Waals surface area contributed by atoms with Gasteiger partial charge in [0, 0.05) is 38.3 Å². The second-order valence-electron chi connectivity index (χ2n) is 3.73. The van der Waals surface area contributed by atoms with Gasteiger partial charge in [-0.05, 0) is 12.1 Å². The number of piperazine rings is 1. The molecule has 2 nitrogen and oxygen atoms in total. The van der Waals surface area contributed by atoms with Crippen molar-refractivity contribution in [3.8, 4) is 0 Å². The van der Waals surface area contributed by atoms with Gasteiger partial charge in [-0.25, -0.2) is 8.78 Å². The van der Waals surface area contributed by atoms with Crippen LogP contribution in [0.3, 0.4) is 0 Å². The Balaban J connectivity index is 0.00000128. The molecule has 0 aromatic heterocycles. The zero-order valence-corrected chi connectivity index (χ0v) is 9.70. The minimum Gasteiger partial charge on any atom is -0.314 e. The van der Waals surface area contributed by atoms with Crippen LogP contribution in [0.2, 0.25) is 0 Å². The van der Waals surface area contributed by atoms with E-state index in [0.717, 1.165) is 26.2 Å². The van der Waals surface area contributed by atoms with Crippen molar-refractivity contribution in [2.24, 2.45) is 0 Å². The van der Waals surface area contributed by atoms with Crippen LogP contribution in [-0.4, -0.2) is 31.1 Å². The molecule has 1 N–H and O–H groups in total. The molecule has 0 bridgehead atoms. The molecule has 0 radical (unpaired) electrons. The summed E-state index contributed by atoms with van der Waals surface area (Å²) in [7, 11) is 0. The Hall–Kier alpha value is -0.710. The average molecular weight is 249 g/mol. The van der Waals surface area contributed by atoms with Gasteiger partial charge in [0.25, 0.3) is 0 Å². The molecular weight excluding hydrogens is 234 g/mol. The molecule has 1 fully saturated rings. The Bertz CT molecular complexity index is 321. The second kappa shape index (κ2) is 6.13. The van der Waals surface area contributed by atoms with Gasteiger partial charge in [-0.2, -0.15) is 0 Å². The molecular formula is C11H15ClF2N2. The largest absolute Gasteiger partial charge is 0.314 e. The highest BCUT2D eigenvalue weighted by molar-refractivity contribution is 5.85. The number of benzene rings is 1. The number of rotatable bonds is 2. The summed E-state index contributed by atoms with van der Waals surface area (Å²) >= 11 is 0. The van der Waals surface area contributed by atoms with Gasteiger partial charge in [-0.1, -0.05) is 6.07 Å². The van der Waals surface area contributed by atoms with Crippen LogP contribution in [0.15, 0.2) is 18.2 Å².